The number of amides is 1. The summed E-state index contributed by atoms with van der Waals surface area (Å²) >= 11 is 0. The first-order chi connectivity index (χ1) is 15.2. The molecule has 0 aromatic heterocycles. The fourth-order valence-corrected chi connectivity index (χ4v) is 3.13. The molecule has 0 bridgehead atoms. The van der Waals surface area contributed by atoms with Crippen LogP contribution in [0.25, 0.3) is 0 Å². The smallest absolute Gasteiger partial charge is 0.337 e. The van der Waals surface area contributed by atoms with Gasteiger partial charge in [0.1, 0.15) is 0 Å². The third kappa shape index (κ3) is 5.85. The van der Waals surface area contributed by atoms with Crippen molar-refractivity contribution in [2.45, 2.75) is 20.8 Å². The molecule has 1 fully saturated rings. The number of anilines is 2. The van der Waals surface area contributed by atoms with Crippen LogP contribution in [0, 0.1) is 5.41 Å². The van der Waals surface area contributed by atoms with Gasteiger partial charge < -0.3 is 19.8 Å². The van der Waals surface area contributed by atoms with Gasteiger partial charge in [0.05, 0.1) is 31.2 Å². The van der Waals surface area contributed by atoms with E-state index >= 15 is 0 Å². The summed E-state index contributed by atoms with van der Waals surface area (Å²) in [5.41, 5.74) is 2.02. The van der Waals surface area contributed by atoms with Crippen LogP contribution in [0.15, 0.2) is 48.5 Å². The Kier molecular flexibility index (Phi) is 7.15. The fraction of sp³-hybridized carbons (Fsp3) is 0.375. The zero-order valence-corrected chi connectivity index (χ0v) is 18.9. The first kappa shape index (κ1) is 23.3. The van der Waals surface area contributed by atoms with Crippen LogP contribution >= 0.6 is 0 Å². The highest BCUT2D eigenvalue weighted by Crippen LogP contribution is 2.21. The molecule has 1 N–H and O–H groups in total. The van der Waals surface area contributed by atoms with E-state index in [0.29, 0.717) is 29.9 Å². The van der Waals surface area contributed by atoms with Gasteiger partial charge in [-0.3, -0.25) is 4.79 Å². The molecule has 0 spiro atoms. The zero-order valence-electron chi connectivity index (χ0n) is 18.9. The second-order valence-electron chi connectivity index (χ2n) is 8.61. The van der Waals surface area contributed by atoms with Gasteiger partial charge in [-0.15, -0.1) is 5.06 Å². The summed E-state index contributed by atoms with van der Waals surface area (Å²) in [4.78, 5) is 43.7. The van der Waals surface area contributed by atoms with E-state index in [2.05, 4.69) is 15.0 Å². The lowest BCUT2D eigenvalue weighted by molar-refractivity contribution is -0.201. The molecule has 0 radical (unpaired) electrons. The van der Waals surface area contributed by atoms with Gasteiger partial charge in [0, 0.05) is 30.0 Å². The molecule has 1 saturated heterocycles. The van der Waals surface area contributed by atoms with Gasteiger partial charge in [0.25, 0.3) is 5.91 Å². The fourth-order valence-electron chi connectivity index (χ4n) is 3.13. The first-order valence-corrected chi connectivity index (χ1v) is 10.5. The largest absolute Gasteiger partial charge is 0.465 e. The van der Waals surface area contributed by atoms with Gasteiger partial charge >= 0.3 is 11.9 Å². The second kappa shape index (κ2) is 9.82. The van der Waals surface area contributed by atoms with Crippen LogP contribution in [0.2, 0.25) is 0 Å². The lowest BCUT2D eigenvalue weighted by Gasteiger charge is -2.35. The van der Waals surface area contributed by atoms with Crippen molar-refractivity contribution < 1.29 is 24.0 Å². The summed E-state index contributed by atoms with van der Waals surface area (Å²) < 4.78 is 4.67. The third-order valence-electron chi connectivity index (χ3n) is 5.12. The summed E-state index contributed by atoms with van der Waals surface area (Å²) in [5.74, 6) is -0.894. The Hall–Kier alpha value is -3.39. The number of rotatable bonds is 5. The Bertz CT molecular complexity index is 957. The van der Waals surface area contributed by atoms with Crippen LogP contribution < -0.4 is 10.2 Å². The van der Waals surface area contributed by atoms with E-state index in [1.165, 1.54) is 7.11 Å². The predicted octanol–water partition coefficient (Wildman–Crippen LogP) is 3.35. The van der Waals surface area contributed by atoms with Crippen LogP contribution in [0.5, 0.6) is 0 Å². The molecule has 3 rings (SSSR count). The molecule has 0 atom stereocenters. The Morgan fingerprint density at radius 3 is 1.94 bits per heavy atom. The number of hydrogen-bond donors (Lipinski definition) is 1. The number of nitrogens with one attached hydrogen (secondary N) is 1. The number of benzene rings is 2. The quantitative estimate of drug-likeness (QED) is 0.715. The van der Waals surface area contributed by atoms with E-state index in [9.17, 15) is 14.4 Å². The van der Waals surface area contributed by atoms with Crippen molar-refractivity contribution in [2.75, 3.05) is 43.5 Å². The summed E-state index contributed by atoms with van der Waals surface area (Å²) in [6.45, 7) is 8.17. The molecule has 8 nitrogen and oxygen atoms in total. The maximum absolute atomic E-state index is 12.5. The number of nitrogens with zero attached hydrogens (tertiary/aromatic N) is 2. The highest BCUT2D eigenvalue weighted by atomic mass is 16.7. The maximum atomic E-state index is 12.5. The van der Waals surface area contributed by atoms with Gasteiger partial charge in [-0.25, -0.2) is 9.59 Å². The Morgan fingerprint density at radius 1 is 0.844 bits per heavy atom. The molecule has 8 heteroatoms. The van der Waals surface area contributed by atoms with Crippen molar-refractivity contribution >= 4 is 29.2 Å². The van der Waals surface area contributed by atoms with E-state index in [1.807, 2.05) is 32.9 Å². The van der Waals surface area contributed by atoms with E-state index < -0.39 is 11.4 Å². The van der Waals surface area contributed by atoms with Crippen molar-refractivity contribution in [3.8, 4) is 0 Å². The van der Waals surface area contributed by atoms with Crippen molar-refractivity contribution in [1.29, 1.82) is 0 Å². The van der Waals surface area contributed by atoms with E-state index in [0.717, 1.165) is 18.8 Å². The van der Waals surface area contributed by atoms with Crippen LogP contribution in [-0.2, 0) is 14.4 Å². The van der Waals surface area contributed by atoms with Gasteiger partial charge in [-0.05, 0) is 69.3 Å². The molecule has 0 aliphatic carbocycles. The number of hydroxylamine groups is 2. The van der Waals surface area contributed by atoms with E-state index in [-0.39, 0.29) is 11.9 Å². The average Bonchev–Trinajstić information content (AvgIpc) is 2.79. The van der Waals surface area contributed by atoms with Crippen LogP contribution in [0.4, 0.5) is 11.4 Å². The molecular formula is C24H29N3O5. The van der Waals surface area contributed by atoms with Crippen molar-refractivity contribution in [1.82, 2.24) is 5.06 Å². The number of hydrogen-bond acceptors (Lipinski definition) is 7. The third-order valence-corrected chi connectivity index (χ3v) is 5.12. The highest BCUT2D eigenvalue weighted by Gasteiger charge is 2.28. The molecule has 170 valence electrons. The molecule has 32 heavy (non-hydrogen) atoms. The molecule has 1 amide bonds. The minimum absolute atomic E-state index is 0.235. The summed E-state index contributed by atoms with van der Waals surface area (Å²) in [6, 6.07) is 13.9. The van der Waals surface area contributed by atoms with E-state index in [4.69, 9.17) is 4.84 Å². The summed E-state index contributed by atoms with van der Waals surface area (Å²) in [6.07, 6.45) is 0. The normalized spacial score (nSPS) is 14.6. The SMILES string of the molecule is COC(=O)c1ccc(NC(=O)c2ccc(N3CCN(OC(=O)C(C)(C)C)CC3)cc2)cc1. The molecular weight excluding hydrogens is 410 g/mol. The van der Waals surface area contributed by atoms with Crippen molar-refractivity contribution in [3.63, 3.8) is 0 Å². The summed E-state index contributed by atoms with van der Waals surface area (Å²) in [5, 5.41) is 4.52. The van der Waals surface area contributed by atoms with Gasteiger partial charge in [0.2, 0.25) is 0 Å². The number of ether oxygens (including phenoxy) is 1. The Labute approximate surface area is 188 Å². The lowest BCUT2D eigenvalue weighted by Crippen LogP contribution is -2.48. The maximum Gasteiger partial charge on any atom is 0.337 e. The highest BCUT2D eigenvalue weighted by molar-refractivity contribution is 6.04. The second-order valence-corrected chi connectivity index (χ2v) is 8.61. The zero-order chi connectivity index (χ0) is 23.3. The molecule has 1 aliphatic heterocycles. The van der Waals surface area contributed by atoms with Crippen LogP contribution in [0.1, 0.15) is 41.5 Å². The van der Waals surface area contributed by atoms with E-state index in [1.54, 1.807) is 41.5 Å². The summed E-state index contributed by atoms with van der Waals surface area (Å²) in [7, 11) is 1.32. The minimum atomic E-state index is -0.531. The molecule has 1 aliphatic rings. The Morgan fingerprint density at radius 2 is 1.41 bits per heavy atom. The van der Waals surface area contributed by atoms with Gasteiger partial charge in [-0.1, -0.05) is 0 Å². The number of methoxy groups -OCH3 is 1. The monoisotopic (exact) mass is 439 g/mol. The predicted molar refractivity (Wildman–Crippen MR) is 122 cm³/mol. The van der Waals surface area contributed by atoms with Gasteiger partial charge in [0.15, 0.2) is 0 Å². The van der Waals surface area contributed by atoms with Crippen molar-refractivity contribution in [3.05, 3.63) is 59.7 Å². The first-order valence-electron chi connectivity index (χ1n) is 10.5. The van der Waals surface area contributed by atoms with Crippen molar-refractivity contribution in [2.24, 2.45) is 5.41 Å². The number of esters is 1. The molecule has 1 heterocycles. The standard InChI is InChI=1S/C24H29N3O5/c1-24(2,3)23(30)32-27-15-13-26(14-16-27)20-11-7-17(8-12-20)21(28)25-19-9-5-18(6-10-19)22(29)31-4/h5-12H,13-16H2,1-4H3,(H,25,28). The minimum Gasteiger partial charge on any atom is -0.465 e. The van der Waals surface area contributed by atoms with Gasteiger partial charge in [-0.2, -0.15) is 0 Å². The molecule has 2 aromatic carbocycles. The van der Waals surface area contributed by atoms with Crippen LogP contribution in [-0.4, -0.2) is 56.2 Å². The van der Waals surface area contributed by atoms with Crippen LogP contribution in [0.3, 0.4) is 0 Å². The number of carbonyl (C=O) groups excluding carboxylic acids is 3. The lowest BCUT2D eigenvalue weighted by atomic mass is 9.98. The number of carbonyl (C=O) groups is 3. The average molecular weight is 440 g/mol. The molecule has 0 unspecified atom stereocenters. The Balaban J connectivity index is 1.53. The number of piperazine rings is 1. The molecule has 2 aromatic rings. The topological polar surface area (TPSA) is 88.2 Å². The molecule has 0 saturated carbocycles.